The van der Waals surface area contributed by atoms with Gasteiger partial charge in [-0.3, -0.25) is 0 Å². The van der Waals surface area contributed by atoms with Crippen molar-refractivity contribution >= 4 is 31.3 Å². The summed E-state index contributed by atoms with van der Waals surface area (Å²) in [6.45, 7) is 0. The Labute approximate surface area is 79.0 Å². The van der Waals surface area contributed by atoms with Gasteiger partial charge in [0.25, 0.3) is 9.05 Å². The highest BCUT2D eigenvalue weighted by Crippen LogP contribution is 2.27. The fraction of sp³-hybridized carbons (Fsp3) is 0. The third-order valence-corrected chi connectivity index (χ3v) is 2.98. The Bertz CT molecular complexity index is 399. The molecule has 3 nitrogen and oxygen atoms in total. The minimum Gasteiger partial charge on any atom is -0.508 e. The van der Waals surface area contributed by atoms with Crippen LogP contribution in [0.5, 0.6) is 5.75 Å². The average Bonchev–Trinajstić information content (AvgIpc) is 1.92. The van der Waals surface area contributed by atoms with Crippen LogP contribution in [0.25, 0.3) is 0 Å². The summed E-state index contributed by atoms with van der Waals surface area (Å²) in [7, 11) is 1.14. The summed E-state index contributed by atoms with van der Waals surface area (Å²) in [5.41, 5.74) is 0. The van der Waals surface area contributed by atoms with Crippen molar-refractivity contribution < 1.29 is 13.5 Å². The summed E-state index contributed by atoms with van der Waals surface area (Å²) >= 11 is 5.51. The van der Waals surface area contributed by atoms with Gasteiger partial charge >= 0.3 is 0 Å². The van der Waals surface area contributed by atoms with Crippen molar-refractivity contribution in [1.29, 1.82) is 0 Å². The van der Waals surface area contributed by atoms with Crippen LogP contribution in [0.3, 0.4) is 0 Å². The Hall–Kier alpha value is -0.450. The maximum Gasteiger partial charge on any atom is 0.262 e. The molecule has 0 aliphatic heterocycles. The highest BCUT2D eigenvalue weighted by atomic mass is 35.7. The maximum absolute atomic E-state index is 10.8. The van der Waals surface area contributed by atoms with Gasteiger partial charge in [0.2, 0.25) is 0 Å². The van der Waals surface area contributed by atoms with E-state index in [0.717, 1.165) is 6.07 Å². The molecular weight excluding hydrogens is 223 g/mol. The van der Waals surface area contributed by atoms with E-state index in [1.807, 2.05) is 0 Å². The van der Waals surface area contributed by atoms with E-state index in [2.05, 4.69) is 0 Å². The number of hydrogen-bond acceptors (Lipinski definition) is 3. The standard InChI is InChI=1S/C6H4Cl2O3S/c7-5-2-1-4(9)3-6(5)12(8,10)11/h1-3,9H. The van der Waals surface area contributed by atoms with Crippen LogP contribution in [0.15, 0.2) is 23.1 Å². The van der Waals surface area contributed by atoms with Gasteiger partial charge in [0.1, 0.15) is 10.6 Å². The SMILES string of the molecule is O=S(=O)(Cl)c1cc(O)ccc1Cl. The molecule has 0 bridgehead atoms. The van der Waals surface area contributed by atoms with Crippen molar-refractivity contribution in [1.82, 2.24) is 0 Å². The Morgan fingerprint density at radius 3 is 2.33 bits per heavy atom. The lowest BCUT2D eigenvalue weighted by molar-refractivity contribution is 0.473. The lowest BCUT2D eigenvalue weighted by Crippen LogP contribution is -1.90. The lowest BCUT2D eigenvalue weighted by Gasteiger charge is -1.99. The van der Waals surface area contributed by atoms with Gasteiger partial charge in [0.15, 0.2) is 0 Å². The molecule has 1 rings (SSSR count). The molecule has 0 spiro atoms. The smallest absolute Gasteiger partial charge is 0.262 e. The van der Waals surface area contributed by atoms with Crippen molar-refractivity contribution in [3.8, 4) is 5.75 Å². The molecule has 1 aromatic carbocycles. The van der Waals surface area contributed by atoms with Crippen molar-refractivity contribution in [3.05, 3.63) is 23.2 Å². The molecule has 0 radical (unpaired) electrons. The van der Waals surface area contributed by atoms with Gasteiger partial charge in [0.05, 0.1) is 5.02 Å². The van der Waals surface area contributed by atoms with Crippen LogP contribution in [-0.2, 0) is 9.05 Å². The minimum atomic E-state index is -3.88. The summed E-state index contributed by atoms with van der Waals surface area (Å²) in [5.74, 6) is -0.196. The molecule has 6 heteroatoms. The van der Waals surface area contributed by atoms with Gasteiger partial charge < -0.3 is 5.11 Å². The summed E-state index contributed by atoms with van der Waals surface area (Å²) < 4.78 is 21.6. The van der Waals surface area contributed by atoms with E-state index in [0.29, 0.717) is 0 Å². The van der Waals surface area contributed by atoms with Gasteiger partial charge in [-0.05, 0) is 12.1 Å². The molecule has 0 heterocycles. The van der Waals surface area contributed by atoms with Crippen molar-refractivity contribution in [3.63, 3.8) is 0 Å². The van der Waals surface area contributed by atoms with E-state index in [-0.39, 0.29) is 15.7 Å². The fourth-order valence-corrected chi connectivity index (χ4v) is 2.17. The van der Waals surface area contributed by atoms with E-state index in [1.165, 1.54) is 12.1 Å². The molecule has 1 N–H and O–H groups in total. The monoisotopic (exact) mass is 226 g/mol. The molecule has 1 aromatic rings. The zero-order valence-corrected chi connectivity index (χ0v) is 7.99. The fourth-order valence-electron chi connectivity index (χ4n) is 0.679. The molecule has 12 heavy (non-hydrogen) atoms. The Morgan fingerprint density at radius 2 is 1.92 bits per heavy atom. The third kappa shape index (κ3) is 2.03. The maximum atomic E-state index is 10.8. The number of benzene rings is 1. The molecule has 0 fully saturated rings. The molecule has 0 saturated carbocycles. The van der Waals surface area contributed by atoms with Crippen molar-refractivity contribution in [2.45, 2.75) is 4.90 Å². The van der Waals surface area contributed by atoms with Crippen LogP contribution in [0, 0.1) is 0 Å². The number of rotatable bonds is 1. The predicted molar refractivity (Wildman–Crippen MR) is 46.2 cm³/mol. The zero-order valence-electron chi connectivity index (χ0n) is 5.66. The predicted octanol–water partition coefficient (Wildman–Crippen LogP) is 1.97. The largest absolute Gasteiger partial charge is 0.508 e. The molecular formula is C6H4Cl2O3S. The van der Waals surface area contributed by atoms with Gasteiger partial charge in [-0.1, -0.05) is 11.6 Å². The Morgan fingerprint density at radius 1 is 1.33 bits per heavy atom. The van der Waals surface area contributed by atoms with Gasteiger partial charge in [-0.15, -0.1) is 0 Å². The molecule has 0 aliphatic rings. The van der Waals surface area contributed by atoms with Crippen LogP contribution in [0.2, 0.25) is 5.02 Å². The van der Waals surface area contributed by atoms with Crippen molar-refractivity contribution in [2.75, 3.05) is 0 Å². The van der Waals surface area contributed by atoms with E-state index in [9.17, 15) is 8.42 Å². The second kappa shape index (κ2) is 3.12. The highest BCUT2D eigenvalue weighted by molar-refractivity contribution is 8.13. The molecule has 0 atom stereocenters. The molecule has 0 amide bonds. The number of phenolic OH excluding ortho intramolecular Hbond substituents is 1. The molecule has 0 aromatic heterocycles. The van der Waals surface area contributed by atoms with E-state index < -0.39 is 9.05 Å². The van der Waals surface area contributed by atoms with Crippen LogP contribution in [-0.4, -0.2) is 13.5 Å². The topological polar surface area (TPSA) is 54.4 Å². The van der Waals surface area contributed by atoms with Gasteiger partial charge in [-0.25, -0.2) is 8.42 Å². The first-order valence-electron chi connectivity index (χ1n) is 2.84. The number of hydrogen-bond donors (Lipinski definition) is 1. The first-order valence-corrected chi connectivity index (χ1v) is 5.53. The first-order chi connectivity index (χ1) is 5.41. The van der Waals surface area contributed by atoms with Gasteiger partial charge in [0, 0.05) is 16.7 Å². The summed E-state index contributed by atoms with van der Waals surface area (Å²) in [5, 5.41) is 8.91. The normalized spacial score (nSPS) is 11.5. The third-order valence-electron chi connectivity index (χ3n) is 1.18. The lowest BCUT2D eigenvalue weighted by atomic mass is 10.3. The molecule has 66 valence electrons. The number of halogens is 2. The second-order valence-electron chi connectivity index (χ2n) is 2.05. The molecule has 0 aliphatic carbocycles. The highest BCUT2D eigenvalue weighted by Gasteiger charge is 2.14. The van der Waals surface area contributed by atoms with Crippen LogP contribution < -0.4 is 0 Å². The Kier molecular flexibility index (Phi) is 2.51. The van der Waals surface area contributed by atoms with E-state index in [4.69, 9.17) is 27.4 Å². The minimum absolute atomic E-state index is 0.0113. The van der Waals surface area contributed by atoms with E-state index in [1.54, 1.807) is 0 Å². The van der Waals surface area contributed by atoms with Crippen LogP contribution in [0.1, 0.15) is 0 Å². The number of phenols is 1. The molecule has 0 unspecified atom stereocenters. The van der Waals surface area contributed by atoms with Crippen LogP contribution >= 0.6 is 22.3 Å². The zero-order chi connectivity index (χ0) is 9.35. The quantitative estimate of drug-likeness (QED) is 0.746. The summed E-state index contributed by atoms with van der Waals surface area (Å²) in [6, 6.07) is 3.52. The second-order valence-corrected chi connectivity index (χ2v) is 4.99. The first kappa shape index (κ1) is 9.64. The summed E-state index contributed by atoms with van der Waals surface area (Å²) in [6.07, 6.45) is 0. The average molecular weight is 227 g/mol. The van der Waals surface area contributed by atoms with Crippen molar-refractivity contribution in [2.24, 2.45) is 0 Å². The van der Waals surface area contributed by atoms with Crippen LogP contribution in [0.4, 0.5) is 0 Å². The summed E-state index contributed by atoms with van der Waals surface area (Å²) in [4.78, 5) is -0.286. The number of aromatic hydroxyl groups is 1. The van der Waals surface area contributed by atoms with E-state index >= 15 is 0 Å². The van der Waals surface area contributed by atoms with Gasteiger partial charge in [-0.2, -0.15) is 0 Å². The Balaban J connectivity index is 3.43. The molecule has 0 saturated heterocycles.